The van der Waals surface area contributed by atoms with Crippen LogP contribution in [-0.4, -0.2) is 33.7 Å². The van der Waals surface area contributed by atoms with Crippen LogP contribution in [0.25, 0.3) is 0 Å². The van der Waals surface area contributed by atoms with Crippen molar-refractivity contribution in [3.05, 3.63) is 41.5 Å². The molecule has 22 heavy (non-hydrogen) atoms. The van der Waals surface area contributed by atoms with E-state index >= 15 is 0 Å². The number of methoxy groups -OCH3 is 1. The third kappa shape index (κ3) is 2.95. The summed E-state index contributed by atoms with van der Waals surface area (Å²) in [6.45, 7) is 1.75. The largest absolute Gasteiger partial charge is 0.496 e. The zero-order valence-corrected chi connectivity index (χ0v) is 12.6. The summed E-state index contributed by atoms with van der Waals surface area (Å²) in [6.07, 6.45) is 4.98. The van der Waals surface area contributed by atoms with Gasteiger partial charge in [0.1, 0.15) is 17.9 Å². The molecule has 1 atom stereocenters. The standard InChI is InChI=1S/C16H19N5O/c1-22-15-6-5-12(9-17)8-13(15)10-21-7-3-2-4-14(21)16-18-11-19-20-16/h5-6,8,11,14H,2-4,7,10H2,1H3,(H,18,19,20)/t14-/m1/s1. The second-order valence-corrected chi connectivity index (χ2v) is 5.49. The molecule has 0 unspecified atom stereocenters. The Hall–Kier alpha value is -2.39. The number of nitrogens with one attached hydrogen (secondary N) is 1. The van der Waals surface area contributed by atoms with Crippen LogP contribution in [0.15, 0.2) is 24.5 Å². The molecule has 6 heteroatoms. The van der Waals surface area contributed by atoms with Crippen LogP contribution in [0.3, 0.4) is 0 Å². The highest BCUT2D eigenvalue weighted by Gasteiger charge is 2.26. The van der Waals surface area contributed by atoms with Crippen LogP contribution < -0.4 is 4.74 Å². The van der Waals surface area contributed by atoms with Crippen LogP contribution in [0.1, 0.15) is 42.3 Å². The summed E-state index contributed by atoms with van der Waals surface area (Å²) >= 11 is 0. The number of aromatic nitrogens is 3. The van der Waals surface area contributed by atoms with Gasteiger partial charge in [0, 0.05) is 12.1 Å². The third-order valence-electron chi connectivity index (χ3n) is 4.15. The van der Waals surface area contributed by atoms with Gasteiger partial charge in [-0.05, 0) is 37.6 Å². The van der Waals surface area contributed by atoms with Gasteiger partial charge in [-0.2, -0.15) is 10.4 Å². The van der Waals surface area contributed by atoms with Crippen LogP contribution >= 0.6 is 0 Å². The van der Waals surface area contributed by atoms with Gasteiger partial charge in [-0.3, -0.25) is 10.00 Å². The molecule has 1 saturated heterocycles. The fourth-order valence-corrected chi connectivity index (χ4v) is 3.06. The Bertz CT molecular complexity index is 662. The second kappa shape index (κ2) is 6.58. The summed E-state index contributed by atoms with van der Waals surface area (Å²) in [7, 11) is 1.66. The predicted octanol–water partition coefficient (Wildman–Crippen LogP) is 2.41. The van der Waals surface area contributed by atoms with E-state index < -0.39 is 0 Å². The Morgan fingerprint density at radius 1 is 1.45 bits per heavy atom. The van der Waals surface area contributed by atoms with Crippen molar-refractivity contribution in [3.63, 3.8) is 0 Å². The Morgan fingerprint density at radius 3 is 3.09 bits per heavy atom. The number of aromatic amines is 1. The molecule has 114 valence electrons. The summed E-state index contributed by atoms with van der Waals surface area (Å²) in [5.74, 6) is 1.73. The topological polar surface area (TPSA) is 77.8 Å². The van der Waals surface area contributed by atoms with Crippen LogP contribution in [0, 0.1) is 11.3 Å². The van der Waals surface area contributed by atoms with Crippen LogP contribution in [0.2, 0.25) is 0 Å². The first-order chi connectivity index (χ1) is 10.8. The van der Waals surface area contributed by atoms with Crippen molar-refractivity contribution in [2.75, 3.05) is 13.7 Å². The minimum atomic E-state index is 0.242. The highest BCUT2D eigenvalue weighted by molar-refractivity contribution is 5.42. The van der Waals surface area contributed by atoms with E-state index in [1.807, 2.05) is 12.1 Å². The first-order valence-electron chi connectivity index (χ1n) is 7.48. The Labute approximate surface area is 129 Å². The van der Waals surface area contributed by atoms with E-state index in [0.717, 1.165) is 36.6 Å². The SMILES string of the molecule is COc1ccc(C#N)cc1CN1CCCC[C@@H]1c1ncn[nH]1. The maximum atomic E-state index is 9.11. The summed E-state index contributed by atoms with van der Waals surface area (Å²) in [4.78, 5) is 6.69. The average Bonchev–Trinajstić information content (AvgIpc) is 3.09. The summed E-state index contributed by atoms with van der Waals surface area (Å²) in [6, 6.07) is 7.99. The molecule has 1 N–H and O–H groups in total. The van der Waals surface area contributed by atoms with Gasteiger partial charge in [0.25, 0.3) is 0 Å². The van der Waals surface area contributed by atoms with Crippen LogP contribution in [0.4, 0.5) is 0 Å². The number of rotatable bonds is 4. The molecular formula is C16H19N5O. The number of nitriles is 1. The van der Waals surface area contributed by atoms with Crippen molar-refractivity contribution in [3.8, 4) is 11.8 Å². The number of H-pyrrole nitrogens is 1. The van der Waals surface area contributed by atoms with E-state index in [1.54, 1.807) is 19.5 Å². The molecule has 0 aliphatic carbocycles. The fraction of sp³-hybridized carbons (Fsp3) is 0.438. The first kappa shape index (κ1) is 14.5. The summed E-state index contributed by atoms with van der Waals surface area (Å²) in [5.41, 5.74) is 1.69. The van der Waals surface area contributed by atoms with E-state index in [0.29, 0.717) is 5.56 Å². The van der Waals surface area contributed by atoms with Crippen molar-refractivity contribution >= 4 is 0 Å². The molecule has 1 aromatic heterocycles. The molecule has 0 radical (unpaired) electrons. The second-order valence-electron chi connectivity index (χ2n) is 5.49. The summed E-state index contributed by atoms with van der Waals surface area (Å²) in [5, 5.41) is 16.1. The van der Waals surface area contributed by atoms with Gasteiger partial charge >= 0.3 is 0 Å². The molecule has 0 bridgehead atoms. The molecule has 3 rings (SSSR count). The van der Waals surface area contributed by atoms with E-state index in [-0.39, 0.29) is 6.04 Å². The molecule has 1 aliphatic rings. The zero-order valence-electron chi connectivity index (χ0n) is 12.6. The quantitative estimate of drug-likeness (QED) is 0.937. The van der Waals surface area contributed by atoms with E-state index in [2.05, 4.69) is 26.2 Å². The number of nitrogens with zero attached hydrogens (tertiary/aromatic N) is 4. The fourth-order valence-electron chi connectivity index (χ4n) is 3.06. The van der Waals surface area contributed by atoms with E-state index in [1.165, 1.54) is 12.8 Å². The number of benzene rings is 1. The van der Waals surface area contributed by atoms with Gasteiger partial charge in [0.15, 0.2) is 0 Å². The lowest BCUT2D eigenvalue weighted by Gasteiger charge is -2.34. The highest BCUT2D eigenvalue weighted by Crippen LogP contribution is 2.32. The van der Waals surface area contributed by atoms with Gasteiger partial charge in [-0.15, -0.1) is 0 Å². The molecule has 1 aliphatic heterocycles. The van der Waals surface area contributed by atoms with E-state index in [9.17, 15) is 0 Å². The molecule has 6 nitrogen and oxygen atoms in total. The lowest BCUT2D eigenvalue weighted by molar-refractivity contribution is 0.133. The molecular weight excluding hydrogens is 278 g/mol. The normalized spacial score (nSPS) is 18.8. The molecule has 1 aromatic carbocycles. The molecule has 0 saturated carbocycles. The Morgan fingerprint density at radius 2 is 2.36 bits per heavy atom. The van der Waals surface area contributed by atoms with Gasteiger partial charge in [-0.1, -0.05) is 6.42 Å². The molecule has 1 fully saturated rings. The Balaban J connectivity index is 1.85. The molecule has 2 heterocycles. The van der Waals surface area contributed by atoms with Crippen molar-refractivity contribution in [1.82, 2.24) is 20.1 Å². The lowest BCUT2D eigenvalue weighted by atomic mass is 10.00. The zero-order chi connectivity index (χ0) is 15.4. The van der Waals surface area contributed by atoms with Crippen molar-refractivity contribution in [1.29, 1.82) is 5.26 Å². The van der Waals surface area contributed by atoms with Gasteiger partial charge in [-0.25, -0.2) is 4.98 Å². The van der Waals surface area contributed by atoms with Gasteiger partial charge < -0.3 is 4.74 Å². The Kier molecular flexibility index (Phi) is 4.35. The van der Waals surface area contributed by atoms with Crippen LogP contribution in [-0.2, 0) is 6.54 Å². The third-order valence-corrected chi connectivity index (χ3v) is 4.15. The van der Waals surface area contributed by atoms with E-state index in [4.69, 9.17) is 10.00 Å². The summed E-state index contributed by atoms with van der Waals surface area (Å²) < 4.78 is 5.44. The number of ether oxygens (including phenoxy) is 1. The average molecular weight is 297 g/mol. The maximum Gasteiger partial charge on any atom is 0.141 e. The maximum absolute atomic E-state index is 9.11. The number of piperidine rings is 1. The number of hydrogen-bond acceptors (Lipinski definition) is 5. The monoisotopic (exact) mass is 297 g/mol. The molecule has 0 spiro atoms. The minimum Gasteiger partial charge on any atom is -0.496 e. The van der Waals surface area contributed by atoms with Crippen molar-refractivity contribution in [2.24, 2.45) is 0 Å². The highest BCUT2D eigenvalue weighted by atomic mass is 16.5. The minimum absolute atomic E-state index is 0.242. The van der Waals surface area contributed by atoms with Crippen molar-refractivity contribution in [2.45, 2.75) is 31.8 Å². The van der Waals surface area contributed by atoms with Gasteiger partial charge in [0.2, 0.25) is 0 Å². The number of hydrogen-bond donors (Lipinski definition) is 1. The predicted molar refractivity (Wildman–Crippen MR) is 81.1 cm³/mol. The van der Waals surface area contributed by atoms with Crippen LogP contribution in [0.5, 0.6) is 5.75 Å². The smallest absolute Gasteiger partial charge is 0.141 e. The molecule has 0 amide bonds. The van der Waals surface area contributed by atoms with Gasteiger partial charge in [0.05, 0.1) is 24.8 Å². The van der Waals surface area contributed by atoms with Crippen molar-refractivity contribution < 1.29 is 4.74 Å². The molecule has 2 aromatic rings. The lowest BCUT2D eigenvalue weighted by Crippen LogP contribution is -2.33. The number of likely N-dealkylation sites (tertiary alicyclic amines) is 1. The first-order valence-corrected chi connectivity index (χ1v) is 7.48.